The van der Waals surface area contributed by atoms with E-state index >= 15 is 0 Å². The van der Waals surface area contributed by atoms with E-state index in [1.165, 1.54) is 0 Å². The van der Waals surface area contributed by atoms with E-state index in [2.05, 4.69) is 24.5 Å². The van der Waals surface area contributed by atoms with Gasteiger partial charge in [0.05, 0.1) is 0 Å². The zero-order chi connectivity index (χ0) is 14.3. The van der Waals surface area contributed by atoms with Crippen LogP contribution in [0.4, 0.5) is 4.79 Å². The first-order valence-corrected chi connectivity index (χ1v) is 7.08. The second-order valence-corrected chi connectivity index (χ2v) is 6.81. The normalized spacial score (nSPS) is 28.5. The minimum absolute atomic E-state index is 0.0624. The van der Waals surface area contributed by atoms with Crippen LogP contribution in [0.15, 0.2) is 0 Å². The number of amides is 2. The highest BCUT2D eigenvalue weighted by Crippen LogP contribution is 2.40. The molecule has 5 heteroatoms. The van der Waals surface area contributed by atoms with Crippen LogP contribution in [-0.2, 0) is 4.79 Å². The highest BCUT2D eigenvalue weighted by atomic mass is 16.4. The Balaban J connectivity index is 1.95. The van der Waals surface area contributed by atoms with E-state index in [1.54, 1.807) is 6.92 Å². The Labute approximate surface area is 114 Å². The maximum absolute atomic E-state index is 12.1. The number of rotatable bonds is 4. The standard InChI is InChI=1S/C14H24N2O3/c1-13(2)8-4-5-10(13)15-12(19)16-14(3,11(17)18)9-6-7-9/h9-10H,4-8H2,1-3H3,(H,17,18)(H2,15,16,19). The number of carboxylic acids is 1. The number of carboxylic acid groups (broad SMARTS) is 1. The fourth-order valence-electron chi connectivity index (χ4n) is 3.02. The van der Waals surface area contributed by atoms with Crippen LogP contribution < -0.4 is 10.6 Å². The second-order valence-electron chi connectivity index (χ2n) is 6.81. The monoisotopic (exact) mass is 268 g/mol. The summed E-state index contributed by atoms with van der Waals surface area (Å²) in [4.78, 5) is 23.4. The van der Waals surface area contributed by atoms with E-state index in [0.29, 0.717) is 0 Å². The molecule has 0 radical (unpaired) electrons. The molecule has 5 nitrogen and oxygen atoms in total. The average molecular weight is 268 g/mol. The first kappa shape index (κ1) is 14.2. The van der Waals surface area contributed by atoms with Crippen molar-refractivity contribution in [3.05, 3.63) is 0 Å². The number of urea groups is 1. The number of nitrogens with one attached hydrogen (secondary N) is 2. The lowest BCUT2D eigenvalue weighted by molar-refractivity contribution is -0.144. The minimum Gasteiger partial charge on any atom is -0.480 e. The van der Waals surface area contributed by atoms with Crippen LogP contribution in [0, 0.1) is 11.3 Å². The summed E-state index contributed by atoms with van der Waals surface area (Å²) in [7, 11) is 0. The maximum atomic E-state index is 12.1. The van der Waals surface area contributed by atoms with Gasteiger partial charge in [0.2, 0.25) is 0 Å². The molecule has 2 amide bonds. The highest BCUT2D eigenvalue weighted by Gasteiger charge is 2.49. The Kier molecular flexibility index (Phi) is 3.49. The first-order chi connectivity index (χ1) is 8.75. The van der Waals surface area contributed by atoms with E-state index in [1.807, 2.05) is 0 Å². The predicted octanol–water partition coefficient (Wildman–Crippen LogP) is 2.12. The van der Waals surface area contributed by atoms with Crippen molar-refractivity contribution in [3.63, 3.8) is 0 Å². The van der Waals surface area contributed by atoms with Crippen molar-refractivity contribution < 1.29 is 14.7 Å². The molecule has 2 rings (SSSR count). The van der Waals surface area contributed by atoms with Gasteiger partial charge in [-0.2, -0.15) is 0 Å². The van der Waals surface area contributed by atoms with Crippen molar-refractivity contribution in [2.45, 2.75) is 64.5 Å². The third kappa shape index (κ3) is 2.85. The van der Waals surface area contributed by atoms with E-state index in [9.17, 15) is 14.7 Å². The molecular formula is C14H24N2O3. The summed E-state index contributed by atoms with van der Waals surface area (Å²) in [5, 5.41) is 14.9. The molecule has 0 heterocycles. The molecule has 0 aromatic carbocycles. The molecule has 19 heavy (non-hydrogen) atoms. The molecule has 0 spiro atoms. The van der Waals surface area contributed by atoms with E-state index < -0.39 is 11.5 Å². The van der Waals surface area contributed by atoms with Crippen LogP contribution in [0.25, 0.3) is 0 Å². The maximum Gasteiger partial charge on any atom is 0.329 e. The molecule has 0 aromatic heterocycles. The molecule has 2 aliphatic rings. The first-order valence-electron chi connectivity index (χ1n) is 7.08. The van der Waals surface area contributed by atoms with E-state index in [4.69, 9.17) is 0 Å². The van der Waals surface area contributed by atoms with Gasteiger partial charge in [0.15, 0.2) is 0 Å². The van der Waals surface area contributed by atoms with Crippen LogP contribution in [0.5, 0.6) is 0 Å². The summed E-state index contributed by atoms with van der Waals surface area (Å²) in [5.41, 5.74) is -1.04. The van der Waals surface area contributed by atoms with Crippen LogP contribution in [0.1, 0.15) is 52.9 Å². The molecule has 2 fully saturated rings. The van der Waals surface area contributed by atoms with E-state index in [-0.39, 0.29) is 23.4 Å². The van der Waals surface area contributed by atoms with Crippen molar-refractivity contribution in [2.24, 2.45) is 11.3 Å². The topological polar surface area (TPSA) is 78.4 Å². The van der Waals surface area contributed by atoms with Crippen molar-refractivity contribution >= 4 is 12.0 Å². The summed E-state index contributed by atoms with van der Waals surface area (Å²) < 4.78 is 0. The summed E-state index contributed by atoms with van der Waals surface area (Å²) in [6, 6.07) is -0.221. The molecule has 2 saturated carbocycles. The second kappa shape index (κ2) is 4.69. The molecule has 2 unspecified atom stereocenters. The fourth-order valence-corrected chi connectivity index (χ4v) is 3.02. The third-order valence-electron chi connectivity index (χ3n) is 4.77. The molecule has 0 saturated heterocycles. The molecule has 108 valence electrons. The van der Waals surface area contributed by atoms with Gasteiger partial charge in [-0.05, 0) is 43.9 Å². The number of hydrogen-bond donors (Lipinski definition) is 3. The van der Waals surface area contributed by atoms with E-state index in [0.717, 1.165) is 32.1 Å². The van der Waals surface area contributed by atoms with Gasteiger partial charge >= 0.3 is 12.0 Å². The van der Waals surface area contributed by atoms with Gasteiger partial charge in [-0.3, -0.25) is 0 Å². The Bertz CT molecular complexity index is 390. The van der Waals surface area contributed by atoms with Crippen molar-refractivity contribution in [1.82, 2.24) is 10.6 Å². The zero-order valence-corrected chi connectivity index (χ0v) is 12.0. The van der Waals surface area contributed by atoms with Gasteiger partial charge in [-0.25, -0.2) is 9.59 Å². The Morgan fingerprint density at radius 3 is 2.32 bits per heavy atom. The quantitative estimate of drug-likeness (QED) is 0.730. The van der Waals surface area contributed by atoms with Gasteiger partial charge in [-0.15, -0.1) is 0 Å². The van der Waals surface area contributed by atoms with Gasteiger partial charge in [-0.1, -0.05) is 20.3 Å². The van der Waals surface area contributed by atoms with Crippen molar-refractivity contribution in [2.75, 3.05) is 0 Å². The van der Waals surface area contributed by atoms with Gasteiger partial charge < -0.3 is 15.7 Å². The SMILES string of the molecule is CC1(C)CCCC1NC(=O)NC(C)(C(=O)O)C1CC1. The molecule has 2 aliphatic carbocycles. The molecule has 0 aromatic rings. The number of hydrogen-bond acceptors (Lipinski definition) is 2. The lowest BCUT2D eigenvalue weighted by Crippen LogP contribution is -2.58. The van der Waals surface area contributed by atoms with Gasteiger partial charge in [0.25, 0.3) is 0 Å². The lowest BCUT2D eigenvalue weighted by atomic mass is 9.87. The Morgan fingerprint density at radius 1 is 1.26 bits per heavy atom. The smallest absolute Gasteiger partial charge is 0.329 e. The average Bonchev–Trinajstić information content (AvgIpc) is 3.06. The summed E-state index contributed by atoms with van der Waals surface area (Å²) in [6.45, 7) is 5.89. The third-order valence-corrected chi connectivity index (χ3v) is 4.77. The minimum atomic E-state index is -1.13. The Morgan fingerprint density at radius 2 is 1.89 bits per heavy atom. The summed E-state index contributed by atoms with van der Waals surface area (Å²) >= 11 is 0. The number of carbonyl (C=O) groups excluding carboxylic acids is 1. The lowest BCUT2D eigenvalue weighted by Gasteiger charge is -2.31. The predicted molar refractivity (Wildman–Crippen MR) is 71.9 cm³/mol. The number of carbonyl (C=O) groups is 2. The largest absolute Gasteiger partial charge is 0.480 e. The molecular weight excluding hydrogens is 244 g/mol. The van der Waals surface area contributed by atoms with Crippen molar-refractivity contribution in [1.29, 1.82) is 0 Å². The summed E-state index contributed by atoms with van der Waals surface area (Å²) in [5.74, 6) is -0.886. The highest BCUT2D eigenvalue weighted by molar-refractivity contribution is 5.86. The van der Waals surface area contributed by atoms with Crippen LogP contribution in [0.2, 0.25) is 0 Å². The fraction of sp³-hybridized carbons (Fsp3) is 0.857. The molecule has 3 N–H and O–H groups in total. The molecule has 2 atom stereocenters. The summed E-state index contributed by atoms with van der Waals surface area (Å²) in [6.07, 6.45) is 4.91. The van der Waals surface area contributed by atoms with Crippen LogP contribution in [0.3, 0.4) is 0 Å². The Hall–Kier alpha value is -1.26. The van der Waals surface area contributed by atoms with Crippen LogP contribution >= 0.6 is 0 Å². The van der Waals surface area contributed by atoms with Crippen LogP contribution in [-0.4, -0.2) is 28.7 Å². The van der Waals surface area contributed by atoms with Gasteiger partial charge in [0.1, 0.15) is 5.54 Å². The molecule has 0 aliphatic heterocycles. The van der Waals surface area contributed by atoms with Crippen molar-refractivity contribution in [3.8, 4) is 0 Å². The number of aliphatic carboxylic acids is 1. The zero-order valence-electron chi connectivity index (χ0n) is 12.0. The molecule has 0 bridgehead atoms. The van der Waals surface area contributed by atoms with Gasteiger partial charge in [0, 0.05) is 6.04 Å².